The van der Waals surface area contributed by atoms with Gasteiger partial charge in [0.25, 0.3) is 5.56 Å². The molecule has 198 valence electrons. The molecule has 11 heteroatoms. The number of carbonyl (C=O) groups is 1. The summed E-state index contributed by atoms with van der Waals surface area (Å²) in [5.41, 5.74) is 1.79. The number of likely N-dealkylation sites (tertiary alicyclic amines) is 1. The minimum Gasteiger partial charge on any atom is -0.412 e. The summed E-state index contributed by atoms with van der Waals surface area (Å²) in [6, 6.07) is 8.48. The summed E-state index contributed by atoms with van der Waals surface area (Å²) in [6.45, 7) is 3.21. The molecule has 0 saturated carbocycles. The minimum atomic E-state index is -0.457. The van der Waals surface area contributed by atoms with Crippen LogP contribution in [-0.2, 0) is 7.05 Å². The van der Waals surface area contributed by atoms with E-state index in [2.05, 4.69) is 20.2 Å². The summed E-state index contributed by atoms with van der Waals surface area (Å²) in [7, 11) is 3.22. The third-order valence-electron chi connectivity index (χ3n) is 6.74. The number of anilines is 2. The number of fused-ring (bicyclic) bond motifs is 1. The molecular weight excluding hydrogens is 527 g/mol. The Kier molecular flexibility index (Phi) is 7.69. The molecule has 0 amide bonds. The fraction of sp³-hybridized carbons (Fsp3) is 0.333. The van der Waals surface area contributed by atoms with Gasteiger partial charge in [-0.05, 0) is 63.2 Å². The van der Waals surface area contributed by atoms with Crippen molar-refractivity contribution in [3.05, 3.63) is 68.8 Å². The number of halogens is 2. The monoisotopic (exact) mass is 554 g/mol. The Morgan fingerprint density at radius 3 is 2.61 bits per heavy atom. The van der Waals surface area contributed by atoms with Gasteiger partial charge in [0, 0.05) is 36.8 Å². The predicted molar refractivity (Wildman–Crippen MR) is 150 cm³/mol. The van der Waals surface area contributed by atoms with Crippen LogP contribution in [0.3, 0.4) is 0 Å². The number of pyridine rings is 1. The number of carbonyl (C=O) groups excluding carboxylic acids is 1. The molecule has 0 spiro atoms. The standard InChI is InChI=1S/C27H28Cl2N6O3/c1-33-16-18(14-22(33)23(36)9-6-12-34-10-3-4-11-34)31-27-30-15-17-13-19(24-20(28)7-5-8-21(24)29)26(37)35(38-2)25(17)32-27/h5,7-8,13-16H,3-4,6,9-12H2,1-2H3,(H,30,31,32). The van der Waals surface area contributed by atoms with Crippen LogP contribution in [0.5, 0.6) is 0 Å². The molecule has 0 unspecified atom stereocenters. The number of rotatable bonds is 9. The van der Waals surface area contributed by atoms with Crippen molar-refractivity contribution < 1.29 is 9.63 Å². The van der Waals surface area contributed by atoms with Gasteiger partial charge in [0.2, 0.25) is 5.95 Å². The predicted octanol–water partition coefficient (Wildman–Crippen LogP) is 4.96. The smallest absolute Gasteiger partial charge is 0.293 e. The average molecular weight is 555 g/mol. The van der Waals surface area contributed by atoms with Crippen molar-refractivity contribution >= 4 is 51.7 Å². The molecule has 1 N–H and O–H groups in total. The van der Waals surface area contributed by atoms with Crippen LogP contribution in [0, 0.1) is 0 Å². The maximum Gasteiger partial charge on any atom is 0.293 e. The fourth-order valence-corrected chi connectivity index (χ4v) is 5.47. The molecule has 0 radical (unpaired) electrons. The molecule has 0 aliphatic carbocycles. The summed E-state index contributed by atoms with van der Waals surface area (Å²) in [6.07, 6.45) is 7.23. The number of aryl methyl sites for hydroxylation is 1. The quantitative estimate of drug-likeness (QED) is 0.292. The largest absolute Gasteiger partial charge is 0.412 e. The Labute approximate surface area is 229 Å². The van der Waals surface area contributed by atoms with E-state index in [0.29, 0.717) is 38.8 Å². The lowest BCUT2D eigenvalue weighted by Crippen LogP contribution is -2.27. The second kappa shape index (κ2) is 11.1. The summed E-state index contributed by atoms with van der Waals surface area (Å²) >= 11 is 12.7. The summed E-state index contributed by atoms with van der Waals surface area (Å²) in [5, 5.41) is 4.39. The van der Waals surface area contributed by atoms with Crippen LogP contribution in [0.15, 0.2) is 47.5 Å². The van der Waals surface area contributed by atoms with Crippen molar-refractivity contribution in [2.45, 2.75) is 25.7 Å². The normalized spacial score (nSPS) is 13.8. The van der Waals surface area contributed by atoms with Gasteiger partial charge in [0.1, 0.15) is 7.11 Å². The minimum absolute atomic E-state index is 0.0955. The first-order valence-electron chi connectivity index (χ1n) is 12.5. The van der Waals surface area contributed by atoms with Crippen molar-refractivity contribution in [3.63, 3.8) is 0 Å². The Morgan fingerprint density at radius 2 is 1.89 bits per heavy atom. The molecule has 0 bridgehead atoms. The highest BCUT2D eigenvalue weighted by Crippen LogP contribution is 2.33. The molecule has 1 fully saturated rings. The zero-order valence-electron chi connectivity index (χ0n) is 21.2. The fourth-order valence-electron chi connectivity index (χ4n) is 4.87. The maximum atomic E-state index is 13.3. The molecule has 1 aliphatic heterocycles. The van der Waals surface area contributed by atoms with E-state index in [1.807, 2.05) is 13.2 Å². The van der Waals surface area contributed by atoms with E-state index < -0.39 is 5.56 Å². The van der Waals surface area contributed by atoms with Gasteiger partial charge in [-0.25, -0.2) is 4.98 Å². The first-order valence-corrected chi connectivity index (χ1v) is 13.2. The second-order valence-electron chi connectivity index (χ2n) is 9.33. The van der Waals surface area contributed by atoms with E-state index in [1.54, 1.807) is 41.1 Å². The van der Waals surface area contributed by atoms with Crippen LogP contribution >= 0.6 is 23.2 Å². The van der Waals surface area contributed by atoms with Crippen molar-refractivity contribution in [1.29, 1.82) is 0 Å². The number of benzene rings is 1. The first kappa shape index (κ1) is 26.2. The number of aromatic nitrogens is 4. The Morgan fingerprint density at radius 1 is 1.16 bits per heavy atom. The van der Waals surface area contributed by atoms with Gasteiger partial charge in [0.15, 0.2) is 11.4 Å². The zero-order chi connectivity index (χ0) is 26.8. The van der Waals surface area contributed by atoms with Crippen LogP contribution in [0.25, 0.3) is 22.2 Å². The lowest BCUT2D eigenvalue weighted by molar-refractivity contribution is 0.0968. The number of ketones is 1. The third-order valence-corrected chi connectivity index (χ3v) is 7.37. The van der Waals surface area contributed by atoms with Gasteiger partial charge >= 0.3 is 0 Å². The average Bonchev–Trinajstić information content (AvgIpc) is 3.54. The molecule has 9 nitrogen and oxygen atoms in total. The van der Waals surface area contributed by atoms with Gasteiger partial charge in [-0.3, -0.25) is 9.59 Å². The Hall–Kier alpha value is -3.40. The molecule has 3 aromatic heterocycles. The van der Waals surface area contributed by atoms with Crippen molar-refractivity contribution in [3.8, 4) is 11.1 Å². The van der Waals surface area contributed by atoms with Gasteiger partial charge < -0.3 is 19.6 Å². The zero-order valence-corrected chi connectivity index (χ0v) is 22.7. The van der Waals surface area contributed by atoms with Crippen molar-refractivity contribution in [1.82, 2.24) is 24.2 Å². The summed E-state index contributed by atoms with van der Waals surface area (Å²) in [5.74, 6) is 0.350. The first-order chi connectivity index (χ1) is 18.4. The van der Waals surface area contributed by atoms with Crippen molar-refractivity contribution in [2.24, 2.45) is 7.05 Å². The topological polar surface area (TPSA) is 94.3 Å². The van der Waals surface area contributed by atoms with Gasteiger partial charge in [-0.15, -0.1) is 4.73 Å². The highest BCUT2D eigenvalue weighted by molar-refractivity contribution is 6.39. The number of hydrogen-bond donors (Lipinski definition) is 1. The molecule has 0 atom stereocenters. The molecule has 1 aliphatic rings. The van der Waals surface area contributed by atoms with E-state index in [-0.39, 0.29) is 22.9 Å². The van der Waals surface area contributed by atoms with Crippen LogP contribution in [0.2, 0.25) is 10.0 Å². The summed E-state index contributed by atoms with van der Waals surface area (Å²) < 4.78 is 2.88. The SMILES string of the molecule is COn1c(=O)c(-c2c(Cl)cccc2Cl)cc2cnc(Nc3cc(C(=O)CCCN4CCCC4)n(C)c3)nc21. The van der Waals surface area contributed by atoms with Crippen LogP contribution in [-0.4, -0.2) is 56.7 Å². The number of hydrogen-bond acceptors (Lipinski definition) is 7. The molecule has 4 heterocycles. The van der Waals surface area contributed by atoms with E-state index in [4.69, 9.17) is 28.0 Å². The van der Waals surface area contributed by atoms with E-state index in [9.17, 15) is 9.59 Å². The molecule has 1 aromatic carbocycles. The lowest BCUT2D eigenvalue weighted by atomic mass is 10.1. The van der Waals surface area contributed by atoms with Gasteiger partial charge in [0.05, 0.1) is 27.0 Å². The lowest BCUT2D eigenvalue weighted by Gasteiger charge is -2.13. The van der Waals surface area contributed by atoms with E-state index in [0.717, 1.165) is 30.8 Å². The number of nitrogens with zero attached hydrogens (tertiary/aromatic N) is 5. The molecular formula is C27H28Cl2N6O3. The highest BCUT2D eigenvalue weighted by atomic mass is 35.5. The third kappa shape index (κ3) is 5.27. The van der Waals surface area contributed by atoms with Gasteiger partial charge in [-0.2, -0.15) is 4.98 Å². The summed E-state index contributed by atoms with van der Waals surface area (Å²) in [4.78, 5) is 42.8. The maximum absolute atomic E-state index is 13.3. The molecule has 5 rings (SSSR count). The Balaban J connectivity index is 1.38. The van der Waals surface area contributed by atoms with Gasteiger partial charge in [-0.1, -0.05) is 29.3 Å². The van der Waals surface area contributed by atoms with E-state index in [1.165, 1.54) is 20.0 Å². The molecule has 38 heavy (non-hydrogen) atoms. The van der Waals surface area contributed by atoms with Crippen molar-refractivity contribution in [2.75, 3.05) is 32.1 Å². The molecule has 1 saturated heterocycles. The van der Waals surface area contributed by atoms with Crippen LogP contribution in [0.1, 0.15) is 36.2 Å². The van der Waals surface area contributed by atoms with Crippen LogP contribution < -0.4 is 15.7 Å². The number of nitrogens with one attached hydrogen (secondary N) is 1. The second-order valence-corrected chi connectivity index (χ2v) is 10.1. The highest BCUT2D eigenvalue weighted by Gasteiger charge is 2.19. The Bertz CT molecular complexity index is 1540. The van der Waals surface area contributed by atoms with Crippen LogP contribution in [0.4, 0.5) is 11.6 Å². The van der Waals surface area contributed by atoms with E-state index >= 15 is 0 Å². The molecule has 4 aromatic rings. The number of Topliss-reactive ketones (excluding diaryl/α,β-unsaturated/α-hetero) is 1.